The summed E-state index contributed by atoms with van der Waals surface area (Å²) >= 11 is 3.70. The summed E-state index contributed by atoms with van der Waals surface area (Å²) in [4.78, 5) is 2.54. The molecule has 1 saturated carbocycles. The van der Waals surface area contributed by atoms with Gasteiger partial charge in [0.25, 0.3) is 0 Å². The Morgan fingerprint density at radius 1 is 1.33 bits per heavy atom. The maximum atomic E-state index is 3.71. The van der Waals surface area contributed by atoms with E-state index in [2.05, 4.69) is 71.3 Å². The lowest BCUT2D eigenvalue weighted by Crippen LogP contribution is -2.34. The molecule has 0 radical (unpaired) electrons. The molecule has 1 aromatic rings. The standard InChI is InChI=1S/C18H29BrN2/c1-4-12-20-18(16-7-5-6-8-17(16)19)11-13-21(3)14(2)15-9-10-15/h5-8,14-15,18,20H,4,9-13H2,1-3H3. The van der Waals surface area contributed by atoms with E-state index in [1.165, 1.54) is 29.3 Å². The highest BCUT2D eigenvalue weighted by Crippen LogP contribution is 2.35. The quantitative estimate of drug-likeness (QED) is 0.697. The number of hydrogen-bond donors (Lipinski definition) is 1. The minimum absolute atomic E-state index is 0.439. The molecule has 0 heterocycles. The number of nitrogens with one attached hydrogen (secondary N) is 1. The monoisotopic (exact) mass is 352 g/mol. The van der Waals surface area contributed by atoms with Crippen LogP contribution in [0.2, 0.25) is 0 Å². The Kier molecular flexibility index (Phi) is 6.72. The number of halogens is 1. The van der Waals surface area contributed by atoms with Gasteiger partial charge in [-0.15, -0.1) is 0 Å². The molecule has 1 aliphatic rings. The summed E-state index contributed by atoms with van der Waals surface area (Å²) in [6, 6.07) is 9.78. The molecule has 0 amide bonds. The van der Waals surface area contributed by atoms with Crippen molar-refractivity contribution in [1.82, 2.24) is 10.2 Å². The maximum Gasteiger partial charge on any atom is 0.0343 e. The number of benzene rings is 1. The second-order valence-electron chi connectivity index (χ2n) is 6.38. The molecular weight excluding hydrogens is 324 g/mol. The first-order chi connectivity index (χ1) is 10.1. The molecule has 1 aromatic carbocycles. The van der Waals surface area contributed by atoms with Gasteiger partial charge in [-0.05, 0) is 70.3 Å². The summed E-state index contributed by atoms with van der Waals surface area (Å²) in [5.41, 5.74) is 1.39. The first-order valence-corrected chi connectivity index (χ1v) is 9.10. The molecule has 3 heteroatoms. The lowest BCUT2D eigenvalue weighted by molar-refractivity contribution is 0.222. The highest BCUT2D eigenvalue weighted by atomic mass is 79.9. The molecule has 2 unspecified atom stereocenters. The largest absolute Gasteiger partial charge is 0.310 e. The summed E-state index contributed by atoms with van der Waals surface area (Å²) in [7, 11) is 2.28. The predicted molar refractivity (Wildman–Crippen MR) is 94.6 cm³/mol. The average Bonchev–Trinajstić information content (AvgIpc) is 3.32. The fraction of sp³-hybridized carbons (Fsp3) is 0.667. The van der Waals surface area contributed by atoms with Gasteiger partial charge >= 0.3 is 0 Å². The van der Waals surface area contributed by atoms with Crippen LogP contribution in [-0.2, 0) is 0 Å². The Bertz CT molecular complexity index is 431. The van der Waals surface area contributed by atoms with Gasteiger partial charge in [0.05, 0.1) is 0 Å². The fourth-order valence-corrected chi connectivity index (χ4v) is 3.48. The Balaban J connectivity index is 1.94. The second-order valence-corrected chi connectivity index (χ2v) is 7.23. The fourth-order valence-electron chi connectivity index (χ4n) is 2.92. The smallest absolute Gasteiger partial charge is 0.0343 e. The van der Waals surface area contributed by atoms with E-state index < -0.39 is 0 Å². The van der Waals surface area contributed by atoms with Gasteiger partial charge in [0, 0.05) is 16.6 Å². The molecule has 1 aliphatic carbocycles. The molecule has 1 fully saturated rings. The van der Waals surface area contributed by atoms with Gasteiger partial charge in [-0.25, -0.2) is 0 Å². The molecule has 1 N–H and O–H groups in total. The molecule has 0 saturated heterocycles. The van der Waals surface area contributed by atoms with Gasteiger partial charge in [-0.1, -0.05) is 41.1 Å². The summed E-state index contributed by atoms with van der Waals surface area (Å²) in [6.07, 6.45) is 5.19. The van der Waals surface area contributed by atoms with E-state index >= 15 is 0 Å². The zero-order valence-electron chi connectivity index (χ0n) is 13.6. The van der Waals surface area contributed by atoms with Crippen LogP contribution in [0.25, 0.3) is 0 Å². The normalized spacial score (nSPS) is 18.0. The van der Waals surface area contributed by atoms with Gasteiger partial charge in [-0.2, -0.15) is 0 Å². The molecular formula is C18H29BrN2. The van der Waals surface area contributed by atoms with Crippen molar-refractivity contribution in [2.45, 2.75) is 51.6 Å². The van der Waals surface area contributed by atoms with Crippen molar-refractivity contribution in [3.8, 4) is 0 Å². The van der Waals surface area contributed by atoms with Crippen molar-refractivity contribution in [2.24, 2.45) is 5.92 Å². The third-order valence-electron chi connectivity index (χ3n) is 4.69. The minimum atomic E-state index is 0.439. The van der Waals surface area contributed by atoms with Crippen LogP contribution in [0.15, 0.2) is 28.7 Å². The SMILES string of the molecule is CCCNC(CCN(C)C(C)C1CC1)c1ccccc1Br. The van der Waals surface area contributed by atoms with Crippen LogP contribution in [0.4, 0.5) is 0 Å². The molecule has 118 valence electrons. The second kappa shape index (κ2) is 8.30. The van der Waals surface area contributed by atoms with E-state index in [9.17, 15) is 0 Å². The molecule has 2 atom stereocenters. The molecule has 0 bridgehead atoms. The molecule has 0 aromatic heterocycles. The average molecular weight is 353 g/mol. The van der Waals surface area contributed by atoms with Crippen LogP contribution in [0, 0.1) is 5.92 Å². The molecule has 21 heavy (non-hydrogen) atoms. The van der Waals surface area contributed by atoms with Crippen LogP contribution < -0.4 is 5.32 Å². The third kappa shape index (κ3) is 5.08. The maximum absolute atomic E-state index is 3.71. The van der Waals surface area contributed by atoms with E-state index in [1.807, 2.05) is 0 Å². The topological polar surface area (TPSA) is 15.3 Å². The molecule has 2 rings (SSSR count). The Hall–Kier alpha value is -0.380. The Morgan fingerprint density at radius 3 is 2.67 bits per heavy atom. The van der Waals surface area contributed by atoms with Crippen LogP contribution in [0.5, 0.6) is 0 Å². The van der Waals surface area contributed by atoms with E-state index in [0.29, 0.717) is 6.04 Å². The van der Waals surface area contributed by atoms with Crippen molar-refractivity contribution in [2.75, 3.05) is 20.1 Å². The van der Waals surface area contributed by atoms with Gasteiger partial charge in [0.15, 0.2) is 0 Å². The molecule has 0 spiro atoms. The molecule has 2 nitrogen and oxygen atoms in total. The number of hydrogen-bond acceptors (Lipinski definition) is 2. The van der Waals surface area contributed by atoms with Crippen LogP contribution in [-0.4, -0.2) is 31.1 Å². The van der Waals surface area contributed by atoms with Crippen molar-refractivity contribution < 1.29 is 0 Å². The highest BCUT2D eigenvalue weighted by Gasteiger charge is 2.30. The van der Waals surface area contributed by atoms with Crippen molar-refractivity contribution in [1.29, 1.82) is 0 Å². The van der Waals surface area contributed by atoms with Crippen LogP contribution >= 0.6 is 15.9 Å². The van der Waals surface area contributed by atoms with E-state index in [-0.39, 0.29) is 0 Å². The van der Waals surface area contributed by atoms with E-state index in [1.54, 1.807) is 0 Å². The van der Waals surface area contributed by atoms with E-state index in [4.69, 9.17) is 0 Å². The highest BCUT2D eigenvalue weighted by molar-refractivity contribution is 9.10. The summed E-state index contributed by atoms with van der Waals surface area (Å²) in [5, 5.41) is 3.71. The first kappa shape index (κ1) is 17.0. The van der Waals surface area contributed by atoms with E-state index in [0.717, 1.165) is 31.5 Å². The van der Waals surface area contributed by atoms with Crippen LogP contribution in [0.1, 0.15) is 51.1 Å². The van der Waals surface area contributed by atoms with Gasteiger partial charge in [-0.3, -0.25) is 0 Å². The van der Waals surface area contributed by atoms with Crippen molar-refractivity contribution in [3.63, 3.8) is 0 Å². The first-order valence-electron chi connectivity index (χ1n) is 8.31. The number of rotatable bonds is 9. The molecule has 0 aliphatic heterocycles. The van der Waals surface area contributed by atoms with Gasteiger partial charge < -0.3 is 10.2 Å². The summed E-state index contributed by atoms with van der Waals surface area (Å²) in [5.74, 6) is 0.945. The summed E-state index contributed by atoms with van der Waals surface area (Å²) in [6.45, 7) is 6.84. The Morgan fingerprint density at radius 2 is 2.05 bits per heavy atom. The zero-order chi connectivity index (χ0) is 15.2. The lowest BCUT2D eigenvalue weighted by Gasteiger charge is -2.28. The lowest BCUT2D eigenvalue weighted by atomic mass is 10.0. The minimum Gasteiger partial charge on any atom is -0.310 e. The third-order valence-corrected chi connectivity index (χ3v) is 5.41. The van der Waals surface area contributed by atoms with Gasteiger partial charge in [0.2, 0.25) is 0 Å². The Labute approximate surface area is 138 Å². The van der Waals surface area contributed by atoms with Gasteiger partial charge in [0.1, 0.15) is 0 Å². The summed E-state index contributed by atoms with van der Waals surface area (Å²) < 4.78 is 1.22. The van der Waals surface area contributed by atoms with Crippen molar-refractivity contribution >= 4 is 15.9 Å². The van der Waals surface area contributed by atoms with Crippen molar-refractivity contribution in [3.05, 3.63) is 34.3 Å². The predicted octanol–water partition coefficient (Wildman–Crippen LogP) is 4.61. The van der Waals surface area contributed by atoms with Crippen LogP contribution in [0.3, 0.4) is 0 Å². The number of nitrogens with zero attached hydrogens (tertiary/aromatic N) is 1. The zero-order valence-corrected chi connectivity index (χ0v) is 15.2.